The third kappa shape index (κ3) is 8.97. The zero-order valence-corrected chi connectivity index (χ0v) is 14.0. The summed E-state index contributed by atoms with van der Waals surface area (Å²) in [4.78, 5) is 4.33. The molecule has 108 valence electrons. The lowest BCUT2D eigenvalue weighted by atomic mass is 9.86. The van der Waals surface area contributed by atoms with Crippen molar-refractivity contribution in [2.75, 3.05) is 26.3 Å². The first-order valence-electron chi connectivity index (χ1n) is 6.80. The molecule has 0 unspecified atom stereocenters. The average Bonchev–Trinajstić information content (AvgIpc) is 2.20. The van der Waals surface area contributed by atoms with Crippen LogP contribution in [0.25, 0.3) is 0 Å². The molecule has 0 amide bonds. The van der Waals surface area contributed by atoms with Crippen molar-refractivity contribution in [3.8, 4) is 0 Å². The molecule has 0 radical (unpaired) electrons. The number of hydrogen-bond acceptors (Lipinski definition) is 2. The number of aliphatic imine (C=N–C) groups is 1. The Hall–Kier alpha value is -0.0400. The number of nitrogens with one attached hydrogen (secondary N) is 1. The van der Waals surface area contributed by atoms with E-state index in [0.29, 0.717) is 11.9 Å². The quantitative estimate of drug-likeness (QED) is 0.299. The summed E-state index contributed by atoms with van der Waals surface area (Å²) < 4.78 is 5.48. The lowest BCUT2D eigenvalue weighted by Crippen LogP contribution is -2.33. The van der Waals surface area contributed by atoms with Gasteiger partial charge in [0.15, 0.2) is 5.96 Å². The van der Waals surface area contributed by atoms with Crippen LogP contribution in [0.4, 0.5) is 0 Å². The summed E-state index contributed by atoms with van der Waals surface area (Å²) in [6.45, 7) is 7.68. The van der Waals surface area contributed by atoms with E-state index in [1.807, 2.05) is 0 Å². The second-order valence-electron chi connectivity index (χ2n) is 5.27. The van der Waals surface area contributed by atoms with Gasteiger partial charge in [0.25, 0.3) is 0 Å². The van der Waals surface area contributed by atoms with Gasteiger partial charge >= 0.3 is 0 Å². The Morgan fingerprint density at radius 2 is 2.17 bits per heavy atom. The molecule has 0 aromatic rings. The van der Waals surface area contributed by atoms with Crippen LogP contribution in [0.1, 0.15) is 39.5 Å². The van der Waals surface area contributed by atoms with Crippen LogP contribution in [0, 0.1) is 11.8 Å². The van der Waals surface area contributed by atoms with Gasteiger partial charge in [-0.2, -0.15) is 0 Å². The molecule has 3 N–H and O–H groups in total. The van der Waals surface area contributed by atoms with E-state index in [9.17, 15) is 0 Å². The maximum absolute atomic E-state index is 5.76. The molecule has 1 aliphatic carbocycles. The van der Waals surface area contributed by atoms with Crippen LogP contribution in [0.15, 0.2) is 4.99 Å². The standard InChI is InChI=1S/C13H27N3O.HI/c1-11(2)10-17-8-4-7-15-13(14)16-9-12-5-3-6-12;/h11-12H,3-10H2,1-2H3,(H3,14,15,16);1H. The van der Waals surface area contributed by atoms with Crippen molar-refractivity contribution < 1.29 is 4.74 Å². The molecule has 0 spiro atoms. The molecule has 0 aliphatic heterocycles. The minimum absolute atomic E-state index is 0. The van der Waals surface area contributed by atoms with Crippen LogP contribution < -0.4 is 11.1 Å². The summed E-state index contributed by atoms with van der Waals surface area (Å²) >= 11 is 0. The molecule has 0 saturated heterocycles. The molecule has 4 nitrogen and oxygen atoms in total. The number of hydrogen-bond donors (Lipinski definition) is 2. The van der Waals surface area contributed by atoms with Crippen molar-refractivity contribution >= 4 is 29.9 Å². The van der Waals surface area contributed by atoms with Gasteiger partial charge in [-0.1, -0.05) is 20.3 Å². The SMILES string of the molecule is CC(C)COCCCNC(N)=NCC1CCC1.I. The molecular weight excluding hydrogens is 341 g/mol. The Balaban J connectivity index is 0.00000289. The molecule has 5 heteroatoms. The molecule has 18 heavy (non-hydrogen) atoms. The van der Waals surface area contributed by atoms with Crippen molar-refractivity contribution in [3.05, 3.63) is 0 Å². The van der Waals surface area contributed by atoms with Gasteiger partial charge in [-0.25, -0.2) is 0 Å². The summed E-state index contributed by atoms with van der Waals surface area (Å²) in [6, 6.07) is 0. The van der Waals surface area contributed by atoms with Crippen molar-refractivity contribution in [2.45, 2.75) is 39.5 Å². The van der Waals surface area contributed by atoms with E-state index >= 15 is 0 Å². The van der Waals surface area contributed by atoms with Crippen LogP contribution in [-0.2, 0) is 4.74 Å². The third-order valence-electron chi connectivity index (χ3n) is 2.97. The molecule has 1 fully saturated rings. The van der Waals surface area contributed by atoms with Gasteiger partial charge in [0, 0.05) is 26.3 Å². The normalized spacial score (nSPS) is 16.3. The van der Waals surface area contributed by atoms with Crippen molar-refractivity contribution in [1.29, 1.82) is 0 Å². The highest BCUT2D eigenvalue weighted by Crippen LogP contribution is 2.26. The average molecular weight is 369 g/mol. The lowest BCUT2D eigenvalue weighted by Gasteiger charge is -2.23. The maximum atomic E-state index is 5.76. The highest BCUT2D eigenvalue weighted by atomic mass is 127. The molecule has 0 bridgehead atoms. The van der Waals surface area contributed by atoms with E-state index in [1.165, 1.54) is 19.3 Å². The van der Waals surface area contributed by atoms with E-state index in [-0.39, 0.29) is 24.0 Å². The zero-order valence-electron chi connectivity index (χ0n) is 11.7. The Kier molecular flexibility index (Phi) is 10.8. The summed E-state index contributed by atoms with van der Waals surface area (Å²) in [5.41, 5.74) is 5.76. The molecule has 0 aromatic heterocycles. The topological polar surface area (TPSA) is 59.6 Å². The lowest BCUT2D eigenvalue weighted by molar-refractivity contribution is 0.108. The van der Waals surface area contributed by atoms with Crippen LogP contribution in [0.2, 0.25) is 0 Å². The molecule has 0 heterocycles. The fourth-order valence-corrected chi connectivity index (χ4v) is 1.67. The van der Waals surface area contributed by atoms with E-state index < -0.39 is 0 Å². The largest absolute Gasteiger partial charge is 0.381 e. The number of nitrogens with zero attached hydrogens (tertiary/aromatic N) is 1. The van der Waals surface area contributed by atoms with Crippen LogP contribution in [0.3, 0.4) is 0 Å². The first kappa shape index (κ1) is 18.0. The molecule has 1 rings (SSSR count). The highest BCUT2D eigenvalue weighted by molar-refractivity contribution is 14.0. The molecule has 0 atom stereocenters. The number of nitrogens with two attached hydrogens (primary N) is 1. The van der Waals surface area contributed by atoms with Crippen molar-refractivity contribution in [1.82, 2.24) is 5.32 Å². The van der Waals surface area contributed by atoms with Crippen molar-refractivity contribution in [3.63, 3.8) is 0 Å². The second-order valence-corrected chi connectivity index (χ2v) is 5.27. The first-order chi connectivity index (χ1) is 8.18. The van der Waals surface area contributed by atoms with E-state index in [2.05, 4.69) is 24.2 Å². The van der Waals surface area contributed by atoms with Crippen LogP contribution in [-0.4, -0.2) is 32.3 Å². The van der Waals surface area contributed by atoms with E-state index in [1.54, 1.807) is 0 Å². The summed E-state index contributed by atoms with van der Waals surface area (Å²) in [7, 11) is 0. The minimum Gasteiger partial charge on any atom is -0.381 e. The van der Waals surface area contributed by atoms with Gasteiger partial charge in [0.2, 0.25) is 0 Å². The maximum Gasteiger partial charge on any atom is 0.188 e. The van der Waals surface area contributed by atoms with Gasteiger partial charge in [0.05, 0.1) is 0 Å². The molecule has 1 saturated carbocycles. The second kappa shape index (κ2) is 10.8. The molecule has 0 aromatic carbocycles. The fraction of sp³-hybridized carbons (Fsp3) is 0.923. The highest BCUT2D eigenvalue weighted by Gasteiger charge is 2.16. The minimum atomic E-state index is 0. The van der Waals surface area contributed by atoms with Crippen molar-refractivity contribution in [2.24, 2.45) is 22.6 Å². The predicted molar refractivity (Wildman–Crippen MR) is 87.5 cm³/mol. The summed E-state index contributed by atoms with van der Waals surface area (Å²) in [6.07, 6.45) is 4.98. The summed E-state index contributed by atoms with van der Waals surface area (Å²) in [5, 5.41) is 3.12. The third-order valence-corrected chi connectivity index (χ3v) is 2.97. The zero-order chi connectivity index (χ0) is 12.5. The Morgan fingerprint density at radius 3 is 2.72 bits per heavy atom. The van der Waals surface area contributed by atoms with Gasteiger partial charge < -0.3 is 15.8 Å². The smallest absolute Gasteiger partial charge is 0.188 e. The number of guanidine groups is 1. The monoisotopic (exact) mass is 369 g/mol. The fourth-order valence-electron chi connectivity index (χ4n) is 1.67. The number of ether oxygens (including phenoxy) is 1. The predicted octanol–water partition coefficient (Wildman–Crippen LogP) is 2.37. The summed E-state index contributed by atoms with van der Waals surface area (Å²) in [5.74, 6) is 1.97. The van der Waals surface area contributed by atoms with Crippen LogP contribution >= 0.6 is 24.0 Å². The van der Waals surface area contributed by atoms with Gasteiger partial charge in [-0.05, 0) is 31.1 Å². The van der Waals surface area contributed by atoms with Gasteiger partial charge in [-0.3, -0.25) is 4.99 Å². The number of rotatable bonds is 8. The Bertz CT molecular complexity index is 230. The molecule has 1 aliphatic rings. The van der Waals surface area contributed by atoms with Crippen LogP contribution in [0.5, 0.6) is 0 Å². The van der Waals surface area contributed by atoms with Gasteiger partial charge in [0.1, 0.15) is 0 Å². The van der Waals surface area contributed by atoms with E-state index in [0.717, 1.165) is 38.6 Å². The van der Waals surface area contributed by atoms with Gasteiger partial charge in [-0.15, -0.1) is 24.0 Å². The molecular formula is C13H28IN3O. The Morgan fingerprint density at radius 1 is 1.44 bits per heavy atom. The first-order valence-corrected chi connectivity index (χ1v) is 6.80. The number of halogens is 1. The van der Waals surface area contributed by atoms with E-state index in [4.69, 9.17) is 10.5 Å². The Labute approximate surface area is 128 Å².